The third-order valence-electron chi connectivity index (χ3n) is 9.77. The van der Waals surface area contributed by atoms with Crippen LogP contribution in [0.25, 0.3) is 27.8 Å². The predicted molar refractivity (Wildman–Crippen MR) is 205 cm³/mol. The Morgan fingerprint density at radius 3 is 2.61 bits per heavy atom. The molecule has 3 N–H and O–H groups in total. The summed E-state index contributed by atoms with van der Waals surface area (Å²) < 4.78 is 55.9. The van der Waals surface area contributed by atoms with Gasteiger partial charge in [-0.15, -0.1) is 5.10 Å². The van der Waals surface area contributed by atoms with Crippen molar-refractivity contribution < 1.29 is 17.7 Å². The number of hydrogen-bond donors (Lipinski definition) is 3. The van der Waals surface area contributed by atoms with E-state index in [2.05, 4.69) is 52.8 Å². The van der Waals surface area contributed by atoms with E-state index in [1.54, 1.807) is 43.3 Å². The summed E-state index contributed by atoms with van der Waals surface area (Å²) in [5, 5.41) is 22.4. The Bertz CT molecular complexity index is 2270. The summed E-state index contributed by atoms with van der Waals surface area (Å²) in [6.07, 6.45) is 6.42. The molecule has 1 aliphatic heterocycles. The van der Waals surface area contributed by atoms with Crippen molar-refractivity contribution in [3.8, 4) is 17.0 Å². The van der Waals surface area contributed by atoms with E-state index in [9.17, 15) is 4.21 Å². The van der Waals surface area contributed by atoms with Crippen LogP contribution in [0.2, 0.25) is 0 Å². The molecule has 0 aliphatic carbocycles. The highest BCUT2D eigenvalue weighted by Crippen LogP contribution is 2.36. The van der Waals surface area contributed by atoms with Crippen LogP contribution >= 0.6 is 0 Å². The Balaban J connectivity index is 0.966. The molecule has 0 radical (unpaired) electrons. The number of likely N-dealkylation sites (tertiary alicyclic amines) is 1. The average molecular weight is 761 g/mol. The maximum Gasteiger partial charge on any atom is 0.247 e. The van der Waals surface area contributed by atoms with Crippen LogP contribution in [0.4, 0.5) is 26.2 Å². The number of fused-ring (bicyclic) bond motifs is 2. The van der Waals surface area contributed by atoms with E-state index in [0.717, 1.165) is 49.0 Å². The van der Waals surface area contributed by atoms with Crippen LogP contribution in [0.5, 0.6) is 5.75 Å². The van der Waals surface area contributed by atoms with E-state index in [-0.39, 0.29) is 35.4 Å². The number of ether oxygens (including phenoxy) is 1. The standard InChI is InChI=1S/C37H46F2N12O2S/c1-7-50(20-23(4)19-49-14-12-24(13-15-49)27-9-10-28-33(31(27)39)48(6)46-35(28)40-5)54(52)26-8-11-30(29(38)16-26)44-37-45-36-34(53-22(2)3)32(25-17-42-43-18-25)41-21-51(36)47-37/h8-11,16-18,21-24H,7,12-15,19-20H2,1-6H3,(H,40,46)(H,42,43)(H,44,47). The second-order valence-corrected chi connectivity index (χ2v) is 15.5. The molecule has 0 amide bonds. The van der Waals surface area contributed by atoms with Crippen molar-refractivity contribution in [3.05, 3.63) is 66.3 Å². The van der Waals surface area contributed by atoms with Crippen molar-refractivity contribution in [2.75, 3.05) is 50.4 Å². The first-order valence-corrected chi connectivity index (χ1v) is 19.3. The summed E-state index contributed by atoms with van der Waals surface area (Å²) in [6.45, 7) is 11.5. The number of nitrogens with zero attached hydrogens (tertiary/aromatic N) is 9. The van der Waals surface area contributed by atoms with Crippen LogP contribution in [0, 0.1) is 17.6 Å². The van der Waals surface area contributed by atoms with Gasteiger partial charge in [0.1, 0.15) is 34.3 Å². The lowest BCUT2D eigenvalue weighted by Gasteiger charge is -2.34. The number of aromatic amines is 1. The summed E-state index contributed by atoms with van der Waals surface area (Å²) in [6, 6.07) is 8.37. The Morgan fingerprint density at radius 1 is 1.13 bits per heavy atom. The average Bonchev–Trinajstić information content (AvgIpc) is 3.91. The Morgan fingerprint density at radius 2 is 1.93 bits per heavy atom. The number of piperidine rings is 1. The topological polar surface area (TPSA) is 146 Å². The first-order valence-electron chi connectivity index (χ1n) is 18.2. The molecule has 5 heterocycles. The lowest BCUT2D eigenvalue weighted by molar-refractivity contribution is 0.177. The van der Waals surface area contributed by atoms with Gasteiger partial charge in [-0.05, 0) is 81.4 Å². The Hall–Kier alpha value is -5.00. The first-order chi connectivity index (χ1) is 26.0. The molecule has 1 saturated heterocycles. The van der Waals surface area contributed by atoms with Crippen LogP contribution in [-0.4, -0.2) is 98.8 Å². The largest absolute Gasteiger partial charge is 0.485 e. The predicted octanol–water partition coefficient (Wildman–Crippen LogP) is 6.11. The number of rotatable bonds is 14. The summed E-state index contributed by atoms with van der Waals surface area (Å²) in [5.74, 6) is 0.823. The molecular formula is C37H46F2N12O2S. The monoisotopic (exact) mass is 760 g/mol. The van der Waals surface area contributed by atoms with Crippen molar-refractivity contribution in [2.24, 2.45) is 13.0 Å². The molecule has 7 rings (SSSR count). The maximum atomic E-state index is 15.7. The normalized spacial score (nSPS) is 15.4. The van der Waals surface area contributed by atoms with E-state index in [1.165, 1.54) is 16.9 Å². The van der Waals surface area contributed by atoms with E-state index in [4.69, 9.17) is 4.74 Å². The highest BCUT2D eigenvalue weighted by molar-refractivity contribution is 7.82. The fraction of sp³-hybridized carbons (Fsp3) is 0.432. The van der Waals surface area contributed by atoms with Gasteiger partial charge in [0, 0.05) is 50.9 Å². The van der Waals surface area contributed by atoms with Crippen molar-refractivity contribution in [3.63, 3.8) is 0 Å². The third-order valence-corrected chi connectivity index (χ3v) is 11.3. The third kappa shape index (κ3) is 7.52. The lowest BCUT2D eigenvalue weighted by Crippen LogP contribution is -2.40. The van der Waals surface area contributed by atoms with Gasteiger partial charge in [0.2, 0.25) is 11.6 Å². The molecule has 0 saturated carbocycles. The minimum atomic E-state index is -1.57. The Labute approximate surface area is 314 Å². The highest BCUT2D eigenvalue weighted by atomic mass is 32.2. The van der Waals surface area contributed by atoms with Gasteiger partial charge in [-0.25, -0.2) is 22.3 Å². The van der Waals surface area contributed by atoms with Crippen LogP contribution in [-0.2, 0) is 18.0 Å². The summed E-state index contributed by atoms with van der Waals surface area (Å²) >= 11 is 0. The molecule has 14 nitrogen and oxygen atoms in total. The molecule has 286 valence electrons. The van der Waals surface area contributed by atoms with Gasteiger partial charge in [-0.1, -0.05) is 19.9 Å². The fourth-order valence-electron chi connectivity index (χ4n) is 7.22. The molecule has 2 unspecified atom stereocenters. The number of hydrogen-bond acceptors (Lipinski definition) is 10. The van der Waals surface area contributed by atoms with E-state index in [1.807, 2.05) is 37.2 Å². The van der Waals surface area contributed by atoms with E-state index >= 15 is 8.78 Å². The molecule has 4 aromatic heterocycles. The number of anilines is 3. The molecule has 2 atom stereocenters. The van der Waals surface area contributed by atoms with Crippen LogP contribution < -0.4 is 15.4 Å². The number of halogens is 2. The molecule has 1 aliphatic rings. The number of nitrogens with one attached hydrogen (secondary N) is 3. The van der Waals surface area contributed by atoms with Crippen LogP contribution in [0.15, 0.2) is 53.9 Å². The van der Waals surface area contributed by atoms with Crippen molar-refractivity contribution in [2.45, 2.75) is 57.5 Å². The molecule has 0 spiro atoms. The molecule has 54 heavy (non-hydrogen) atoms. The second kappa shape index (κ2) is 15.8. The van der Waals surface area contributed by atoms with Gasteiger partial charge >= 0.3 is 0 Å². The molecular weight excluding hydrogens is 715 g/mol. The van der Waals surface area contributed by atoms with Gasteiger partial charge in [0.15, 0.2) is 17.4 Å². The van der Waals surface area contributed by atoms with Crippen molar-refractivity contribution in [1.82, 2.24) is 48.8 Å². The quantitative estimate of drug-likeness (QED) is 0.119. The van der Waals surface area contributed by atoms with Crippen molar-refractivity contribution in [1.29, 1.82) is 0 Å². The lowest BCUT2D eigenvalue weighted by atomic mass is 9.88. The zero-order valence-electron chi connectivity index (χ0n) is 31.3. The minimum Gasteiger partial charge on any atom is -0.485 e. The summed E-state index contributed by atoms with van der Waals surface area (Å²) in [7, 11) is 1.99. The fourth-order valence-corrected chi connectivity index (χ4v) is 8.53. The number of aromatic nitrogens is 8. The van der Waals surface area contributed by atoms with E-state index < -0.39 is 16.8 Å². The first kappa shape index (κ1) is 37.3. The summed E-state index contributed by atoms with van der Waals surface area (Å²) in [5.41, 5.74) is 3.11. The Kier molecular flexibility index (Phi) is 10.9. The van der Waals surface area contributed by atoms with Gasteiger partial charge in [-0.3, -0.25) is 9.78 Å². The number of aryl methyl sites for hydroxylation is 1. The second-order valence-electron chi connectivity index (χ2n) is 14.0. The molecule has 0 bridgehead atoms. The maximum absolute atomic E-state index is 15.7. The zero-order valence-corrected chi connectivity index (χ0v) is 32.1. The van der Waals surface area contributed by atoms with Gasteiger partial charge < -0.3 is 20.3 Å². The minimum absolute atomic E-state index is 0.137. The number of H-pyrrole nitrogens is 1. The van der Waals surface area contributed by atoms with E-state index in [0.29, 0.717) is 46.4 Å². The van der Waals surface area contributed by atoms with Crippen LogP contribution in [0.3, 0.4) is 0 Å². The number of benzene rings is 2. The molecule has 17 heteroatoms. The van der Waals surface area contributed by atoms with Gasteiger partial charge in [0.05, 0.1) is 22.9 Å². The summed E-state index contributed by atoms with van der Waals surface area (Å²) in [4.78, 5) is 11.8. The van der Waals surface area contributed by atoms with Crippen molar-refractivity contribution >= 4 is 45.0 Å². The molecule has 1 fully saturated rings. The van der Waals surface area contributed by atoms with Gasteiger partial charge in [-0.2, -0.15) is 19.7 Å². The highest BCUT2D eigenvalue weighted by Gasteiger charge is 2.27. The SMILES string of the molecule is CCN(CC(C)CN1CCC(c2ccc3c(NC)nn(C)c3c2F)CC1)S(=O)c1ccc(Nc2nc3c(OC(C)C)c(-c4cn[nH]c4)ncn3n2)c(F)c1. The van der Waals surface area contributed by atoms with Crippen LogP contribution in [0.1, 0.15) is 52.0 Å². The van der Waals surface area contributed by atoms with Gasteiger partial charge in [0.25, 0.3) is 0 Å². The molecule has 2 aromatic carbocycles. The smallest absolute Gasteiger partial charge is 0.247 e. The zero-order chi connectivity index (χ0) is 38.1. The molecule has 6 aromatic rings.